The lowest BCUT2D eigenvalue weighted by Crippen LogP contribution is -2.02. The summed E-state index contributed by atoms with van der Waals surface area (Å²) in [6.07, 6.45) is 5.38. The van der Waals surface area contributed by atoms with Gasteiger partial charge in [-0.3, -0.25) is 4.98 Å². The molecule has 0 aliphatic carbocycles. The summed E-state index contributed by atoms with van der Waals surface area (Å²) in [7, 11) is 1.65. The summed E-state index contributed by atoms with van der Waals surface area (Å²) in [5, 5.41) is 18.9. The minimum absolute atomic E-state index is 0.418. The van der Waals surface area contributed by atoms with E-state index in [4.69, 9.17) is 14.6 Å². The number of ether oxygens (including phenoxy) is 2. The van der Waals surface area contributed by atoms with Crippen molar-refractivity contribution in [2.75, 3.05) is 26.3 Å². The lowest BCUT2D eigenvalue weighted by molar-refractivity contribution is 0.0952. The first-order valence-electron chi connectivity index (χ1n) is 10.9. The van der Waals surface area contributed by atoms with Crippen LogP contribution >= 0.6 is 11.8 Å². The minimum atomic E-state index is 0.418. The summed E-state index contributed by atoms with van der Waals surface area (Å²) in [5.74, 6) is 1.04. The van der Waals surface area contributed by atoms with Gasteiger partial charge < -0.3 is 9.47 Å². The molecule has 0 aliphatic rings. The Morgan fingerprint density at radius 2 is 1.71 bits per heavy atom. The first-order valence-corrected chi connectivity index (χ1v) is 11.8. The molecule has 0 fully saturated rings. The maximum Gasteiger partial charge on any atom is 0.214 e. The van der Waals surface area contributed by atoms with E-state index in [1.54, 1.807) is 24.2 Å². The third-order valence-electron chi connectivity index (χ3n) is 5.35. The van der Waals surface area contributed by atoms with Crippen LogP contribution in [-0.4, -0.2) is 52.3 Å². The molecule has 2 aromatic heterocycles. The van der Waals surface area contributed by atoms with Gasteiger partial charge in [-0.15, -0.1) is 10.2 Å². The van der Waals surface area contributed by atoms with Crippen LogP contribution in [0.4, 0.5) is 0 Å². The summed E-state index contributed by atoms with van der Waals surface area (Å²) in [6.45, 7) is 1.05. The molecule has 7 nitrogen and oxygen atoms in total. The molecule has 170 valence electrons. The molecule has 0 saturated carbocycles. The number of benzene rings is 3. The van der Waals surface area contributed by atoms with Crippen LogP contribution in [0.15, 0.2) is 89.4 Å². The Hall–Kier alpha value is -3.59. The van der Waals surface area contributed by atoms with E-state index < -0.39 is 0 Å². The third kappa shape index (κ3) is 4.70. The number of nitrogens with zero attached hydrogens (tertiary/aromatic N) is 5. The second-order valence-corrected chi connectivity index (χ2v) is 8.39. The lowest BCUT2D eigenvalue weighted by Gasteiger charge is -2.09. The summed E-state index contributed by atoms with van der Waals surface area (Å²) in [6, 6.07) is 22.7. The molecule has 0 amide bonds. The zero-order valence-electron chi connectivity index (χ0n) is 18.7. The Morgan fingerprint density at radius 3 is 2.41 bits per heavy atom. The number of rotatable bonds is 9. The van der Waals surface area contributed by atoms with Crippen molar-refractivity contribution < 1.29 is 9.47 Å². The molecule has 3 aromatic carbocycles. The predicted octanol–water partition coefficient (Wildman–Crippen LogP) is 5.24. The highest BCUT2D eigenvalue weighted by Crippen LogP contribution is 2.28. The molecule has 5 aromatic rings. The normalized spacial score (nSPS) is 11.7. The van der Waals surface area contributed by atoms with Crippen molar-refractivity contribution in [2.45, 2.75) is 5.16 Å². The van der Waals surface area contributed by atoms with Crippen LogP contribution < -0.4 is 0 Å². The standard InChI is InChI=1S/C26H23N5O2S/c1-32-13-14-33-18-34-26-30-29-25(21-9-6-12-27-16-21)31(26)28-17-24-22-10-4-2-7-19(22)15-20-8-3-5-11-23(20)24/h2-12,15-17H,13-14,18H2,1H3/b28-17+. The van der Waals surface area contributed by atoms with E-state index in [1.165, 1.54) is 22.5 Å². The van der Waals surface area contributed by atoms with Crippen molar-refractivity contribution in [3.8, 4) is 11.4 Å². The number of hydrogen-bond acceptors (Lipinski definition) is 7. The van der Waals surface area contributed by atoms with E-state index in [0.717, 1.165) is 21.9 Å². The molecule has 2 heterocycles. The van der Waals surface area contributed by atoms with Crippen LogP contribution in [0.2, 0.25) is 0 Å². The van der Waals surface area contributed by atoms with E-state index >= 15 is 0 Å². The highest BCUT2D eigenvalue weighted by molar-refractivity contribution is 7.99. The van der Waals surface area contributed by atoms with Gasteiger partial charge in [0.15, 0.2) is 5.82 Å². The minimum Gasteiger partial charge on any atom is -0.382 e. The fourth-order valence-corrected chi connectivity index (χ4v) is 4.39. The van der Waals surface area contributed by atoms with Gasteiger partial charge in [0.1, 0.15) is 0 Å². The van der Waals surface area contributed by atoms with Gasteiger partial charge in [-0.1, -0.05) is 60.3 Å². The predicted molar refractivity (Wildman–Crippen MR) is 136 cm³/mol. The van der Waals surface area contributed by atoms with Gasteiger partial charge in [-0.2, -0.15) is 9.78 Å². The molecule has 0 N–H and O–H groups in total. The number of thioether (sulfide) groups is 1. The van der Waals surface area contributed by atoms with Crippen LogP contribution in [0.5, 0.6) is 0 Å². The average molecular weight is 470 g/mol. The van der Waals surface area contributed by atoms with Crippen LogP contribution in [0.3, 0.4) is 0 Å². The van der Waals surface area contributed by atoms with Gasteiger partial charge in [-0.05, 0) is 39.7 Å². The average Bonchev–Trinajstić information content (AvgIpc) is 3.29. The molecule has 34 heavy (non-hydrogen) atoms. The van der Waals surface area contributed by atoms with Crippen molar-refractivity contribution in [1.82, 2.24) is 19.9 Å². The Morgan fingerprint density at radius 1 is 0.941 bits per heavy atom. The highest BCUT2D eigenvalue weighted by atomic mass is 32.2. The number of aromatic nitrogens is 4. The van der Waals surface area contributed by atoms with Crippen LogP contribution in [-0.2, 0) is 9.47 Å². The number of methoxy groups -OCH3 is 1. The summed E-state index contributed by atoms with van der Waals surface area (Å²) >= 11 is 1.43. The lowest BCUT2D eigenvalue weighted by atomic mass is 9.97. The first-order chi connectivity index (χ1) is 16.8. The zero-order chi connectivity index (χ0) is 23.2. The molecule has 5 rings (SSSR count). The van der Waals surface area contributed by atoms with Gasteiger partial charge >= 0.3 is 0 Å². The Balaban J connectivity index is 1.57. The van der Waals surface area contributed by atoms with Gasteiger partial charge in [0, 0.05) is 30.6 Å². The monoisotopic (exact) mass is 469 g/mol. The maximum absolute atomic E-state index is 5.62. The Labute approximate surface area is 201 Å². The van der Waals surface area contributed by atoms with E-state index in [1.807, 2.05) is 30.5 Å². The first kappa shape index (κ1) is 22.2. The number of hydrogen-bond donors (Lipinski definition) is 0. The van der Waals surface area contributed by atoms with Gasteiger partial charge in [-0.25, -0.2) is 0 Å². The van der Waals surface area contributed by atoms with Gasteiger partial charge in [0.2, 0.25) is 5.16 Å². The van der Waals surface area contributed by atoms with Crippen molar-refractivity contribution in [3.05, 3.63) is 84.7 Å². The van der Waals surface area contributed by atoms with E-state index in [9.17, 15) is 0 Å². The maximum atomic E-state index is 5.62. The molecule has 0 spiro atoms. The SMILES string of the molecule is COCCOCSc1nnc(-c2cccnc2)n1/N=C/c1c2ccccc2cc2ccccc12. The van der Waals surface area contributed by atoms with Crippen LogP contribution in [0.1, 0.15) is 5.56 Å². The summed E-state index contributed by atoms with van der Waals surface area (Å²) in [5.41, 5.74) is 1.88. The summed E-state index contributed by atoms with van der Waals surface area (Å²) in [4.78, 5) is 4.23. The third-order valence-corrected chi connectivity index (χ3v) is 6.15. The largest absolute Gasteiger partial charge is 0.382 e. The smallest absolute Gasteiger partial charge is 0.214 e. The highest BCUT2D eigenvalue weighted by Gasteiger charge is 2.15. The van der Waals surface area contributed by atoms with Gasteiger partial charge in [0.05, 0.1) is 25.4 Å². The van der Waals surface area contributed by atoms with E-state index in [-0.39, 0.29) is 0 Å². The Bertz CT molecular complexity index is 1380. The van der Waals surface area contributed by atoms with Gasteiger partial charge in [0.25, 0.3) is 0 Å². The molecule has 0 atom stereocenters. The fraction of sp³-hybridized carbons (Fsp3) is 0.154. The van der Waals surface area contributed by atoms with Crippen LogP contribution in [0, 0.1) is 0 Å². The quantitative estimate of drug-likeness (QED) is 0.0966. The molecule has 0 radical (unpaired) electrons. The molecule has 0 bridgehead atoms. The molecular weight excluding hydrogens is 446 g/mol. The molecule has 8 heteroatoms. The van der Waals surface area contributed by atoms with Crippen molar-refractivity contribution >= 4 is 39.5 Å². The van der Waals surface area contributed by atoms with Crippen molar-refractivity contribution in [1.29, 1.82) is 0 Å². The molecule has 0 aliphatic heterocycles. The van der Waals surface area contributed by atoms with Crippen molar-refractivity contribution in [2.24, 2.45) is 5.10 Å². The van der Waals surface area contributed by atoms with E-state index in [0.29, 0.717) is 30.1 Å². The van der Waals surface area contributed by atoms with Crippen molar-refractivity contribution in [3.63, 3.8) is 0 Å². The fourth-order valence-electron chi connectivity index (χ4n) is 3.73. The Kier molecular flexibility index (Phi) is 6.90. The second-order valence-electron chi connectivity index (χ2n) is 7.50. The number of pyridine rings is 1. The second kappa shape index (κ2) is 10.6. The zero-order valence-corrected chi connectivity index (χ0v) is 19.5. The summed E-state index contributed by atoms with van der Waals surface area (Å²) < 4.78 is 12.4. The van der Waals surface area contributed by atoms with E-state index in [2.05, 4.69) is 57.6 Å². The number of fused-ring (bicyclic) bond motifs is 2. The molecular formula is C26H23N5O2S. The molecule has 0 saturated heterocycles. The topological polar surface area (TPSA) is 74.4 Å². The molecule has 0 unspecified atom stereocenters. The van der Waals surface area contributed by atoms with Crippen LogP contribution in [0.25, 0.3) is 32.9 Å².